The summed E-state index contributed by atoms with van der Waals surface area (Å²) in [6.45, 7) is 6.02. The third-order valence-electron chi connectivity index (χ3n) is 7.61. The van der Waals surface area contributed by atoms with Gasteiger partial charge in [-0.1, -0.05) is 6.92 Å². The van der Waals surface area contributed by atoms with Gasteiger partial charge in [-0.25, -0.2) is 4.98 Å². The molecule has 9 nitrogen and oxygen atoms in total. The third-order valence-corrected chi connectivity index (χ3v) is 7.61. The lowest BCUT2D eigenvalue weighted by molar-refractivity contribution is -0.137. The Labute approximate surface area is 226 Å². The largest absolute Gasteiger partial charge is 0.421 e. The predicted molar refractivity (Wildman–Crippen MR) is 143 cm³/mol. The number of piperazine rings is 1. The molecule has 5 rings (SSSR count). The fourth-order valence-electron chi connectivity index (χ4n) is 5.54. The molecule has 4 heterocycles. The van der Waals surface area contributed by atoms with Crippen LogP contribution in [0.25, 0.3) is 0 Å². The fraction of sp³-hybridized carbons (Fsp3) is 0.593. The van der Waals surface area contributed by atoms with Gasteiger partial charge in [-0.3, -0.25) is 4.79 Å². The van der Waals surface area contributed by atoms with Crippen LogP contribution in [0, 0.1) is 0 Å². The summed E-state index contributed by atoms with van der Waals surface area (Å²) >= 11 is 0. The Morgan fingerprint density at radius 1 is 1.18 bits per heavy atom. The molecule has 2 unspecified atom stereocenters. The first-order valence-electron chi connectivity index (χ1n) is 13.7. The van der Waals surface area contributed by atoms with Crippen molar-refractivity contribution < 1.29 is 22.7 Å². The molecular weight excluding hydrogens is 511 g/mol. The van der Waals surface area contributed by atoms with Crippen molar-refractivity contribution in [1.29, 1.82) is 0 Å². The maximum absolute atomic E-state index is 13.7. The van der Waals surface area contributed by atoms with Gasteiger partial charge in [-0.15, -0.1) is 0 Å². The van der Waals surface area contributed by atoms with Crippen LogP contribution in [0.3, 0.4) is 0 Å². The van der Waals surface area contributed by atoms with Crippen molar-refractivity contribution in [2.75, 3.05) is 61.5 Å². The molecule has 3 aliphatic heterocycles. The van der Waals surface area contributed by atoms with E-state index in [1.54, 1.807) is 4.90 Å². The van der Waals surface area contributed by atoms with Gasteiger partial charge in [0.25, 0.3) is 0 Å². The van der Waals surface area contributed by atoms with Crippen molar-refractivity contribution in [3.63, 3.8) is 0 Å². The second kappa shape index (κ2) is 12.0. The predicted octanol–water partition coefficient (Wildman–Crippen LogP) is 3.79. The minimum atomic E-state index is -4.60. The summed E-state index contributed by atoms with van der Waals surface area (Å²) in [6, 6.07) is 7.19. The minimum Gasteiger partial charge on any atom is -0.379 e. The van der Waals surface area contributed by atoms with Gasteiger partial charge in [0.05, 0.1) is 19.6 Å². The zero-order valence-corrected chi connectivity index (χ0v) is 22.2. The molecule has 3 saturated heterocycles. The van der Waals surface area contributed by atoms with Crippen molar-refractivity contribution in [3.05, 3.63) is 35.5 Å². The van der Waals surface area contributed by atoms with E-state index in [0.717, 1.165) is 42.6 Å². The number of aryl methyl sites for hydroxylation is 1. The molecule has 2 atom stereocenters. The maximum atomic E-state index is 13.7. The SMILES string of the molecule is CCc1cc(N2CC3CCC(C2)N3)ccc1Nc1ncc(C(F)(F)F)c(NCCCN2CCOCCC2=O)n1. The van der Waals surface area contributed by atoms with E-state index in [2.05, 4.69) is 36.9 Å². The molecule has 2 aromatic rings. The number of halogens is 3. The number of nitrogens with zero attached hydrogens (tertiary/aromatic N) is 4. The van der Waals surface area contributed by atoms with E-state index in [9.17, 15) is 18.0 Å². The number of fused-ring (bicyclic) bond motifs is 2. The molecule has 1 aromatic carbocycles. The standard InChI is InChI=1S/C27H36F3N7O2/c1-2-18-14-21(37-16-19-4-5-20(17-37)33-19)6-7-23(18)34-26-32-15-22(27(28,29)30)25(35-26)31-9-3-10-36-11-13-39-12-8-24(36)38/h6-7,14-15,19-20,33H,2-5,8-13,16-17H2,1H3,(H2,31,32,34,35). The van der Waals surface area contributed by atoms with Crippen LogP contribution in [-0.4, -0.2) is 78.8 Å². The number of nitrogens with one attached hydrogen (secondary N) is 3. The molecule has 0 saturated carbocycles. The lowest BCUT2D eigenvalue weighted by atomic mass is 10.1. The summed E-state index contributed by atoms with van der Waals surface area (Å²) in [5.74, 6) is -0.191. The number of amides is 1. The van der Waals surface area contributed by atoms with E-state index in [-0.39, 0.29) is 24.2 Å². The van der Waals surface area contributed by atoms with Gasteiger partial charge in [0.1, 0.15) is 11.4 Å². The number of rotatable bonds is 9. The third kappa shape index (κ3) is 6.73. The van der Waals surface area contributed by atoms with Gasteiger partial charge < -0.3 is 30.5 Å². The summed E-state index contributed by atoms with van der Waals surface area (Å²) in [7, 11) is 0. The Balaban J connectivity index is 1.26. The fourth-order valence-corrected chi connectivity index (χ4v) is 5.54. The highest BCUT2D eigenvalue weighted by Gasteiger charge is 2.35. The molecule has 1 aromatic heterocycles. The van der Waals surface area contributed by atoms with E-state index in [4.69, 9.17) is 4.74 Å². The van der Waals surface area contributed by atoms with E-state index in [1.807, 2.05) is 19.1 Å². The molecule has 3 aliphatic rings. The van der Waals surface area contributed by atoms with E-state index in [1.165, 1.54) is 12.8 Å². The zero-order valence-electron chi connectivity index (χ0n) is 22.2. The lowest BCUT2D eigenvalue weighted by Crippen LogP contribution is -2.51. The maximum Gasteiger partial charge on any atom is 0.421 e. The number of carbonyl (C=O) groups is 1. The Bertz CT molecular complexity index is 1150. The normalized spacial score (nSPS) is 21.7. The number of carbonyl (C=O) groups excluding carboxylic acids is 1. The monoisotopic (exact) mass is 547 g/mol. The molecule has 212 valence electrons. The molecule has 2 bridgehead atoms. The number of benzene rings is 1. The number of hydrogen-bond donors (Lipinski definition) is 3. The Hall–Kier alpha value is -3.12. The molecule has 12 heteroatoms. The van der Waals surface area contributed by atoms with Crippen molar-refractivity contribution in [3.8, 4) is 0 Å². The van der Waals surface area contributed by atoms with Crippen molar-refractivity contribution in [2.45, 2.75) is 57.3 Å². The van der Waals surface area contributed by atoms with E-state index < -0.39 is 11.7 Å². The van der Waals surface area contributed by atoms with Gasteiger partial charge in [0, 0.05) is 62.4 Å². The Morgan fingerprint density at radius 3 is 2.72 bits per heavy atom. The summed E-state index contributed by atoms with van der Waals surface area (Å²) < 4.78 is 46.4. The first kappa shape index (κ1) is 27.4. The van der Waals surface area contributed by atoms with Gasteiger partial charge in [0.15, 0.2) is 0 Å². The lowest BCUT2D eigenvalue weighted by Gasteiger charge is -2.35. The van der Waals surface area contributed by atoms with Crippen LogP contribution < -0.4 is 20.9 Å². The first-order valence-corrected chi connectivity index (χ1v) is 13.7. The van der Waals surface area contributed by atoms with Crippen LogP contribution in [-0.2, 0) is 22.1 Å². The van der Waals surface area contributed by atoms with Gasteiger partial charge in [-0.2, -0.15) is 18.2 Å². The van der Waals surface area contributed by atoms with Crippen LogP contribution in [0.1, 0.15) is 43.7 Å². The molecule has 0 aliphatic carbocycles. The number of anilines is 4. The van der Waals surface area contributed by atoms with Crippen LogP contribution in [0.2, 0.25) is 0 Å². The smallest absolute Gasteiger partial charge is 0.379 e. The number of aromatic nitrogens is 2. The molecule has 3 fully saturated rings. The van der Waals surface area contributed by atoms with E-state index >= 15 is 0 Å². The van der Waals surface area contributed by atoms with Crippen LogP contribution in [0.5, 0.6) is 0 Å². The first-order chi connectivity index (χ1) is 18.8. The Kier molecular flexibility index (Phi) is 8.41. The molecule has 0 spiro atoms. The van der Waals surface area contributed by atoms with Gasteiger partial charge >= 0.3 is 6.18 Å². The van der Waals surface area contributed by atoms with Crippen molar-refractivity contribution in [2.24, 2.45) is 0 Å². The molecule has 1 amide bonds. The Morgan fingerprint density at radius 2 is 1.97 bits per heavy atom. The van der Waals surface area contributed by atoms with Crippen LogP contribution >= 0.6 is 0 Å². The molecular formula is C27H36F3N7O2. The number of ether oxygens (including phenoxy) is 1. The number of alkyl halides is 3. The summed E-state index contributed by atoms with van der Waals surface area (Å²) in [4.78, 5) is 24.4. The average molecular weight is 548 g/mol. The topological polar surface area (TPSA) is 94.6 Å². The summed E-state index contributed by atoms with van der Waals surface area (Å²) in [5.41, 5.74) is 2.04. The highest BCUT2D eigenvalue weighted by molar-refractivity contribution is 5.76. The second-order valence-corrected chi connectivity index (χ2v) is 10.3. The van der Waals surface area contributed by atoms with Crippen molar-refractivity contribution in [1.82, 2.24) is 20.2 Å². The average Bonchev–Trinajstić information content (AvgIpc) is 3.11. The van der Waals surface area contributed by atoms with Crippen molar-refractivity contribution >= 4 is 29.0 Å². The van der Waals surface area contributed by atoms with Crippen LogP contribution in [0.4, 0.5) is 36.3 Å². The summed E-state index contributed by atoms with van der Waals surface area (Å²) in [5, 5.41) is 9.59. The highest BCUT2D eigenvalue weighted by Crippen LogP contribution is 2.35. The molecule has 3 N–H and O–H groups in total. The molecule has 0 radical (unpaired) electrons. The molecule has 39 heavy (non-hydrogen) atoms. The summed E-state index contributed by atoms with van der Waals surface area (Å²) in [6.07, 6.45) is 0.167. The van der Waals surface area contributed by atoms with Gasteiger partial charge in [-0.05, 0) is 49.4 Å². The van der Waals surface area contributed by atoms with Crippen LogP contribution in [0.15, 0.2) is 24.4 Å². The number of hydrogen-bond acceptors (Lipinski definition) is 8. The van der Waals surface area contributed by atoms with E-state index in [0.29, 0.717) is 51.2 Å². The zero-order chi connectivity index (χ0) is 27.4. The highest BCUT2D eigenvalue weighted by atomic mass is 19.4. The second-order valence-electron chi connectivity index (χ2n) is 10.3. The minimum absolute atomic E-state index is 0.000870. The van der Waals surface area contributed by atoms with Gasteiger partial charge in [0.2, 0.25) is 11.9 Å². The quantitative estimate of drug-likeness (QED) is 0.409.